The van der Waals surface area contributed by atoms with E-state index in [-0.39, 0.29) is 30.0 Å². The highest BCUT2D eigenvalue weighted by Crippen LogP contribution is 2.33. The molecule has 2 aliphatic heterocycles. The van der Waals surface area contributed by atoms with Crippen LogP contribution in [0.3, 0.4) is 0 Å². The van der Waals surface area contributed by atoms with Crippen molar-refractivity contribution in [1.82, 2.24) is 24.5 Å². The number of fused-ring (bicyclic) bond motifs is 2. The molecular formula is C38H45FN8O5. The van der Waals surface area contributed by atoms with Crippen LogP contribution in [0.2, 0.25) is 0 Å². The molecule has 0 unspecified atom stereocenters. The highest BCUT2D eigenvalue weighted by Gasteiger charge is 2.31. The fourth-order valence-corrected chi connectivity index (χ4v) is 6.49. The minimum atomic E-state index is -1.08. The Labute approximate surface area is 302 Å². The molecule has 2 aromatic heterocycles. The van der Waals surface area contributed by atoms with E-state index in [2.05, 4.69) is 30.8 Å². The topological polar surface area (TPSA) is 135 Å². The van der Waals surface area contributed by atoms with Crippen LogP contribution >= 0.6 is 0 Å². The van der Waals surface area contributed by atoms with Crippen LogP contribution in [0.1, 0.15) is 80.4 Å². The lowest BCUT2D eigenvalue weighted by Crippen LogP contribution is -2.46. The first-order valence-corrected chi connectivity index (χ1v) is 17.5. The Morgan fingerprint density at radius 2 is 1.88 bits per heavy atom. The first-order chi connectivity index (χ1) is 24.7. The number of halogens is 1. The van der Waals surface area contributed by atoms with Crippen LogP contribution in [0, 0.1) is 0 Å². The van der Waals surface area contributed by atoms with Gasteiger partial charge in [0.1, 0.15) is 11.7 Å². The molecule has 1 N–H and O–H groups in total. The molecule has 4 aromatic rings. The third kappa shape index (κ3) is 7.70. The lowest BCUT2D eigenvalue weighted by molar-refractivity contribution is -0.116. The number of piperidine rings is 1. The van der Waals surface area contributed by atoms with E-state index in [1.807, 2.05) is 39.0 Å². The molecule has 1 atom stereocenters. The van der Waals surface area contributed by atoms with Gasteiger partial charge in [0.15, 0.2) is 11.5 Å². The molecule has 52 heavy (non-hydrogen) atoms. The van der Waals surface area contributed by atoms with Crippen LogP contribution in [0.4, 0.5) is 26.5 Å². The molecule has 0 radical (unpaired) electrons. The van der Waals surface area contributed by atoms with E-state index in [9.17, 15) is 18.8 Å². The third-order valence-electron chi connectivity index (χ3n) is 9.12. The first-order valence-electron chi connectivity index (χ1n) is 17.5. The van der Waals surface area contributed by atoms with Crippen molar-refractivity contribution in [3.8, 4) is 6.01 Å². The van der Waals surface area contributed by atoms with E-state index in [1.54, 1.807) is 44.8 Å². The lowest BCUT2D eigenvalue weighted by atomic mass is 10.0. The van der Waals surface area contributed by atoms with Gasteiger partial charge in [0.05, 0.1) is 12.7 Å². The van der Waals surface area contributed by atoms with Gasteiger partial charge in [-0.25, -0.2) is 9.18 Å². The van der Waals surface area contributed by atoms with Gasteiger partial charge in [0.25, 0.3) is 11.8 Å². The lowest BCUT2D eigenvalue weighted by Gasteiger charge is -2.33. The Hall–Kier alpha value is -5.53. The Morgan fingerprint density at radius 3 is 2.62 bits per heavy atom. The average Bonchev–Trinajstić information content (AvgIpc) is 3.74. The molecule has 1 saturated heterocycles. The van der Waals surface area contributed by atoms with E-state index < -0.39 is 17.3 Å². The molecule has 1 fully saturated rings. The van der Waals surface area contributed by atoms with Crippen LogP contribution in [0.15, 0.2) is 61.1 Å². The van der Waals surface area contributed by atoms with Gasteiger partial charge in [-0.1, -0.05) is 38.6 Å². The summed E-state index contributed by atoms with van der Waals surface area (Å²) in [7, 11) is 1.44. The summed E-state index contributed by atoms with van der Waals surface area (Å²) in [6.45, 7) is 14.6. The number of ether oxygens (including phenoxy) is 2. The number of carbonyl (C=O) groups excluding carboxylic acids is 3. The Bertz CT molecular complexity index is 2020. The maximum atomic E-state index is 13.7. The van der Waals surface area contributed by atoms with Crippen molar-refractivity contribution >= 4 is 40.9 Å². The number of nitrogens with zero attached hydrogens (tertiary/aromatic N) is 7. The van der Waals surface area contributed by atoms with E-state index in [1.165, 1.54) is 7.05 Å². The van der Waals surface area contributed by atoms with Crippen molar-refractivity contribution in [2.45, 2.75) is 78.0 Å². The van der Waals surface area contributed by atoms with Crippen LogP contribution in [0.5, 0.6) is 6.01 Å². The molecule has 0 aliphatic carbocycles. The number of amides is 3. The number of likely N-dealkylation sites (N-methyl/N-ethyl adjacent to an activating group) is 1. The smallest absolute Gasteiger partial charge is 0.410 e. The second-order valence-corrected chi connectivity index (χ2v) is 14.4. The maximum Gasteiger partial charge on any atom is 0.410 e. The predicted octanol–water partition coefficient (Wildman–Crippen LogP) is 6.29. The highest BCUT2D eigenvalue weighted by molar-refractivity contribution is 6.09. The molecule has 274 valence electrons. The Morgan fingerprint density at radius 1 is 1.12 bits per heavy atom. The van der Waals surface area contributed by atoms with Crippen molar-refractivity contribution in [1.29, 1.82) is 0 Å². The zero-order valence-corrected chi connectivity index (χ0v) is 30.5. The van der Waals surface area contributed by atoms with E-state index in [4.69, 9.17) is 19.4 Å². The first kappa shape index (κ1) is 36.3. The highest BCUT2D eigenvalue weighted by atomic mass is 19.1. The molecule has 0 bridgehead atoms. The molecule has 14 heteroatoms. The molecule has 2 aliphatic rings. The standard InChI is InChI=1S/C38H45FN8O5/c1-23(2)30-21-41-47-32(30)42-36(51-28-14-10-17-45(22-28)37(50)52-38(4,5)6)43-35(47)40-20-26-12-9-15-31-29(26)16-18-46(31)34(49)25-11-8-13-27(19-25)44(7)33(48)24(3)39/h8-9,11-13,15,19,21,23,28H,3,10,14,16-18,20,22H2,1-2,4-7H3,(H,40,42,43)/t28-/m1/s1. The number of anilines is 3. The van der Waals surface area contributed by atoms with Crippen LogP contribution in [-0.2, 0) is 22.5 Å². The van der Waals surface area contributed by atoms with Crippen LogP contribution in [0.25, 0.3) is 5.65 Å². The van der Waals surface area contributed by atoms with Gasteiger partial charge in [-0.05, 0) is 81.3 Å². The number of nitrogens with one attached hydrogen (secondary N) is 1. The fourth-order valence-electron chi connectivity index (χ4n) is 6.49. The van der Waals surface area contributed by atoms with Crippen LogP contribution in [-0.4, -0.2) is 80.8 Å². The number of benzene rings is 2. The van der Waals surface area contributed by atoms with Gasteiger partial charge in [0, 0.05) is 49.2 Å². The summed E-state index contributed by atoms with van der Waals surface area (Å²) in [5.74, 6) is -1.58. The van der Waals surface area contributed by atoms with Crippen LogP contribution < -0.4 is 19.9 Å². The fraction of sp³-hybridized carbons (Fsp3) is 0.421. The predicted molar refractivity (Wildman–Crippen MR) is 196 cm³/mol. The van der Waals surface area contributed by atoms with Gasteiger partial charge in [0.2, 0.25) is 5.95 Å². The largest absolute Gasteiger partial charge is 0.458 e. The monoisotopic (exact) mass is 712 g/mol. The number of likely N-dealkylation sites (tertiary alicyclic amines) is 1. The second-order valence-electron chi connectivity index (χ2n) is 14.4. The zero-order valence-electron chi connectivity index (χ0n) is 30.5. The molecule has 13 nitrogen and oxygen atoms in total. The molecule has 3 amide bonds. The van der Waals surface area contributed by atoms with Gasteiger partial charge in [-0.3, -0.25) is 9.59 Å². The minimum absolute atomic E-state index is 0.149. The van der Waals surface area contributed by atoms with Crippen molar-refractivity contribution in [3.05, 3.63) is 83.3 Å². The SMILES string of the molecule is C=C(F)C(=O)N(C)c1cccc(C(=O)N2CCc3c(CNc4nc(O[C@@H]5CCCN(C(=O)OC(C)(C)C)C5)nc5c(C(C)C)cnn45)cccc32)c1. The van der Waals surface area contributed by atoms with E-state index in [0.717, 1.165) is 40.1 Å². The second kappa shape index (κ2) is 14.6. The van der Waals surface area contributed by atoms with Gasteiger partial charge < -0.3 is 29.5 Å². The Kier molecular flexibility index (Phi) is 10.2. The summed E-state index contributed by atoms with van der Waals surface area (Å²) in [4.78, 5) is 52.7. The molecule has 4 heterocycles. The maximum absolute atomic E-state index is 13.7. The average molecular weight is 713 g/mol. The van der Waals surface area contributed by atoms with E-state index in [0.29, 0.717) is 55.4 Å². The zero-order chi connectivity index (χ0) is 37.3. The summed E-state index contributed by atoms with van der Waals surface area (Å²) in [5.41, 5.74) is 4.54. The van der Waals surface area contributed by atoms with Gasteiger partial charge in [-0.2, -0.15) is 19.6 Å². The molecule has 0 saturated carbocycles. The third-order valence-corrected chi connectivity index (χ3v) is 9.12. The van der Waals surface area contributed by atoms with Crippen molar-refractivity contribution in [2.24, 2.45) is 0 Å². The van der Waals surface area contributed by atoms with Crippen molar-refractivity contribution < 1.29 is 28.2 Å². The van der Waals surface area contributed by atoms with Gasteiger partial charge >= 0.3 is 12.1 Å². The minimum Gasteiger partial charge on any atom is -0.458 e. The molecule has 6 rings (SSSR count). The van der Waals surface area contributed by atoms with Crippen molar-refractivity contribution in [3.63, 3.8) is 0 Å². The summed E-state index contributed by atoms with van der Waals surface area (Å²) < 4.78 is 27.1. The molecule has 0 spiro atoms. The number of rotatable bonds is 9. The summed E-state index contributed by atoms with van der Waals surface area (Å²) in [5, 5.41) is 8.03. The number of aromatic nitrogens is 4. The quantitative estimate of drug-likeness (QED) is 0.199. The van der Waals surface area contributed by atoms with E-state index >= 15 is 0 Å². The van der Waals surface area contributed by atoms with Gasteiger partial charge in [-0.15, -0.1) is 0 Å². The molecule has 2 aromatic carbocycles. The number of hydrogen-bond acceptors (Lipinski definition) is 9. The summed E-state index contributed by atoms with van der Waals surface area (Å²) >= 11 is 0. The number of carbonyl (C=O) groups is 3. The normalized spacial score (nSPS) is 15.8. The number of hydrogen-bond donors (Lipinski definition) is 1. The molecular weight excluding hydrogens is 667 g/mol. The summed E-state index contributed by atoms with van der Waals surface area (Å²) in [6.07, 6.45) is 3.25. The summed E-state index contributed by atoms with van der Waals surface area (Å²) in [6, 6.07) is 12.6. The Balaban J connectivity index is 1.21. The van der Waals surface area contributed by atoms with Crippen molar-refractivity contribution in [2.75, 3.05) is 41.8 Å².